The molecule has 0 radical (unpaired) electrons. The first-order valence-electron chi connectivity index (χ1n) is 13.7. The maximum atomic E-state index is 14.0. The lowest BCUT2D eigenvalue weighted by atomic mass is 9.55. The third kappa shape index (κ3) is 4.11. The van der Waals surface area contributed by atoms with Crippen molar-refractivity contribution in [3.8, 4) is 5.75 Å². The Labute approximate surface area is 234 Å². The third-order valence-electron chi connectivity index (χ3n) is 8.99. The molecule has 1 aromatic rings. The molecule has 41 heavy (non-hydrogen) atoms. The Balaban J connectivity index is 1.73. The van der Waals surface area contributed by atoms with E-state index in [9.17, 15) is 44.4 Å². The number of carbonyl (C=O) groups excluding carboxylic acids is 5. The van der Waals surface area contributed by atoms with E-state index in [0.717, 1.165) is 25.7 Å². The largest absolute Gasteiger partial charge is 0.508 e. The number of carbonyl (C=O) groups is 5. The molecule has 12 heteroatoms. The molecule has 0 spiro atoms. The zero-order valence-electron chi connectivity index (χ0n) is 22.6. The van der Waals surface area contributed by atoms with Gasteiger partial charge in [-0.1, -0.05) is 26.7 Å². The zero-order valence-corrected chi connectivity index (χ0v) is 22.6. The van der Waals surface area contributed by atoms with Crippen LogP contribution in [0.5, 0.6) is 5.75 Å². The topological polar surface area (TPSA) is 214 Å². The molecule has 7 N–H and O–H groups in total. The minimum atomic E-state index is -2.93. The van der Waals surface area contributed by atoms with E-state index in [4.69, 9.17) is 10.5 Å². The minimum Gasteiger partial charge on any atom is -0.508 e. The number of ketones is 2. The number of aromatic hydroxyl groups is 1. The summed E-state index contributed by atoms with van der Waals surface area (Å²) in [7, 11) is 0. The molecule has 2 amide bonds. The number of phenolic OH excluding ortho intramolecular Hbond substituents is 1. The van der Waals surface area contributed by atoms with E-state index in [1.165, 1.54) is 19.1 Å². The molecule has 4 aliphatic rings. The van der Waals surface area contributed by atoms with Crippen LogP contribution in [0.15, 0.2) is 29.0 Å². The van der Waals surface area contributed by atoms with Crippen molar-refractivity contribution >= 4 is 40.8 Å². The molecule has 4 aliphatic carbocycles. The molecular weight excluding hydrogens is 536 g/mol. The summed E-state index contributed by atoms with van der Waals surface area (Å²) in [4.78, 5) is 64.5. The van der Waals surface area contributed by atoms with Crippen LogP contribution in [0.1, 0.15) is 69.4 Å². The summed E-state index contributed by atoms with van der Waals surface area (Å²) in [5, 5.41) is 47.8. The van der Waals surface area contributed by atoms with Crippen molar-refractivity contribution in [1.29, 1.82) is 0 Å². The Morgan fingerprint density at radius 3 is 2.39 bits per heavy atom. The van der Waals surface area contributed by atoms with Gasteiger partial charge in [-0.3, -0.25) is 24.0 Å². The second-order valence-electron chi connectivity index (χ2n) is 11.2. The Morgan fingerprint density at radius 1 is 1.12 bits per heavy atom. The number of nitrogens with two attached hydrogens (primary N) is 1. The van der Waals surface area contributed by atoms with Gasteiger partial charge in [-0.05, 0) is 36.5 Å². The number of primary amides is 1. The van der Waals surface area contributed by atoms with Crippen LogP contribution in [-0.2, 0) is 28.7 Å². The molecule has 0 aromatic heterocycles. The van der Waals surface area contributed by atoms with Crippen LogP contribution in [0.3, 0.4) is 0 Å². The Bertz CT molecular complexity index is 1450. The fourth-order valence-corrected chi connectivity index (χ4v) is 6.97. The summed E-state index contributed by atoms with van der Waals surface area (Å²) in [6.45, 7) is 3.15. The average molecular weight is 569 g/mol. The summed E-state index contributed by atoms with van der Waals surface area (Å²) in [6.07, 6.45) is 1.08. The molecule has 0 unspecified atom stereocenters. The second kappa shape index (κ2) is 10.0. The van der Waals surface area contributed by atoms with Gasteiger partial charge in [-0.2, -0.15) is 0 Å². The fourth-order valence-electron chi connectivity index (χ4n) is 6.97. The van der Waals surface area contributed by atoms with Crippen LogP contribution in [-0.4, -0.2) is 61.5 Å². The van der Waals surface area contributed by atoms with Crippen LogP contribution in [0.4, 0.5) is 5.69 Å². The summed E-state index contributed by atoms with van der Waals surface area (Å²) in [5.74, 6) is -10.7. The Kier molecular flexibility index (Phi) is 6.93. The van der Waals surface area contributed by atoms with Crippen molar-refractivity contribution in [3.05, 3.63) is 40.2 Å². The lowest BCUT2D eigenvalue weighted by Crippen LogP contribution is -2.64. The normalized spacial score (nSPS) is 29.5. The molecule has 2 saturated carbocycles. The summed E-state index contributed by atoms with van der Waals surface area (Å²) < 4.78 is 5.70. The van der Waals surface area contributed by atoms with Crippen LogP contribution >= 0.6 is 0 Å². The number of aliphatic hydroxyl groups is 3. The number of nitrogens with one attached hydrogen (secondary N) is 1. The van der Waals surface area contributed by atoms with E-state index in [1.54, 1.807) is 6.92 Å². The van der Waals surface area contributed by atoms with E-state index < -0.39 is 87.7 Å². The summed E-state index contributed by atoms with van der Waals surface area (Å²) >= 11 is 0. The number of aliphatic hydroxyl groups excluding tert-OH is 2. The van der Waals surface area contributed by atoms with Crippen LogP contribution in [0.2, 0.25) is 0 Å². The number of hydrogen-bond donors (Lipinski definition) is 6. The number of hydrogen-bond acceptors (Lipinski definition) is 10. The monoisotopic (exact) mass is 568 g/mol. The lowest BCUT2D eigenvalue weighted by Gasteiger charge is -2.51. The van der Waals surface area contributed by atoms with Gasteiger partial charge in [-0.25, -0.2) is 0 Å². The molecule has 5 rings (SSSR count). The number of esters is 1. The number of amides is 2. The predicted molar refractivity (Wildman–Crippen MR) is 142 cm³/mol. The maximum absolute atomic E-state index is 14.0. The molecule has 12 nitrogen and oxygen atoms in total. The Morgan fingerprint density at radius 2 is 1.78 bits per heavy atom. The molecular formula is C29H32N2O10. The Hall–Kier alpha value is -4.19. The van der Waals surface area contributed by atoms with E-state index in [2.05, 4.69) is 5.32 Å². The highest BCUT2D eigenvalue weighted by Crippen LogP contribution is 2.57. The van der Waals surface area contributed by atoms with E-state index >= 15 is 0 Å². The number of Topliss-reactive ketones (excluding diaryl/α,β-unsaturated/α-hetero) is 2. The van der Waals surface area contributed by atoms with Gasteiger partial charge >= 0.3 is 5.97 Å². The fraction of sp³-hybridized carbons (Fsp3) is 0.483. The first-order chi connectivity index (χ1) is 19.3. The highest BCUT2D eigenvalue weighted by molar-refractivity contribution is 6.23. The molecule has 2 fully saturated rings. The smallest absolute Gasteiger partial charge is 0.305 e. The van der Waals surface area contributed by atoms with Crippen LogP contribution < -0.4 is 11.1 Å². The number of rotatable bonds is 5. The maximum Gasteiger partial charge on any atom is 0.305 e. The average Bonchev–Trinajstić information content (AvgIpc) is 3.46. The van der Waals surface area contributed by atoms with Crippen LogP contribution in [0.25, 0.3) is 5.76 Å². The molecule has 5 atom stereocenters. The van der Waals surface area contributed by atoms with Gasteiger partial charge in [0.1, 0.15) is 28.9 Å². The second-order valence-corrected chi connectivity index (χ2v) is 11.2. The molecule has 0 saturated heterocycles. The molecule has 218 valence electrons. The van der Waals surface area contributed by atoms with Crippen molar-refractivity contribution in [1.82, 2.24) is 0 Å². The summed E-state index contributed by atoms with van der Waals surface area (Å²) in [6, 6.07) is 2.72. The molecule has 0 heterocycles. The number of ether oxygens (including phenoxy) is 1. The lowest BCUT2D eigenvalue weighted by molar-refractivity contribution is -0.178. The quantitative estimate of drug-likeness (QED) is 0.173. The minimum absolute atomic E-state index is 0.107. The van der Waals surface area contributed by atoms with Crippen molar-refractivity contribution < 1.29 is 49.1 Å². The van der Waals surface area contributed by atoms with Gasteiger partial charge in [0.2, 0.25) is 11.7 Å². The van der Waals surface area contributed by atoms with Crippen molar-refractivity contribution in [2.45, 2.75) is 70.0 Å². The van der Waals surface area contributed by atoms with Gasteiger partial charge in [0, 0.05) is 41.9 Å². The number of benzene rings is 1. The molecule has 0 bridgehead atoms. The van der Waals surface area contributed by atoms with Crippen molar-refractivity contribution in [3.63, 3.8) is 0 Å². The number of fused-ring (bicyclic) bond motifs is 3. The van der Waals surface area contributed by atoms with E-state index in [1.807, 2.05) is 0 Å². The SMILES string of the molecule is CCC(=O)O[C@H]1[C@H]2C(=C(O)c3c(O)ccc(NC(=O)C4CCCC4)c3[C@@H]2C)C(=O)[C@]2(O)C(O)=C(C(N)=O)C(=O)C[C@H]12. The number of phenols is 1. The molecule has 1 aromatic carbocycles. The van der Waals surface area contributed by atoms with E-state index in [-0.39, 0.29) is 35.1 Å². The van der Waals surface area contributed by atoms with Crippen molar-refractivity contribution in [2.24, 2.45) is 23.5 Å². The summed E-state index contributed by atoms with van der Waals surface area (Å²) in [5.41, 5.74) is 1.29. The van der Waals surface area contributed by atoms with Gasteiger partial charge in [0.05, 0.1) is 5.56 Å². The number of anilines is 1. The van der Waals surface area contributed by atoms with Gasteiger partial charge < -0.3 is 36.2 Å². The zero-order chi connectivity index (χ0) is 30.0. The highest BCUT2D eigenvalue weighted by atomic mass is 16.5. The van der Waals surface area contributed by atoms with Crippen molar-refractivity contribution in [2.75, 3.05) is 5.32 Å². The highest BCUT2D eigenvalue weighted by Gasteiger charge is 2.66. The first kappa shape index (κ1) is 28.3. The van der Waals surface area contributed by atoms with E-state index in [0.29, 0.717) is 0 Å². The van der Waals surface area contributed by atoms with Crippen LogP contribution in [0, 0.1) is 17.8 Å². The van der Waals surface area contributed by atoms with Gasteiger partial charge in [0.15, 0.2) is 11.4 Å². The third-order valence-corrected chi connectivity index (χ3v) is 8.99. The predicted octanol–water partition coefficient (Wildman–Crippen LogP) is 2.05. The standard InChI is InChI=1S/C29H32N2O10/c1-3-17(34)41-24-13-10-16(33)21(27(30)38)25(36)29(13,40)26(37)22-19(24)11(2)18-14(8-9-15(32)20(18)23(22)35)31-28(39)12-6-4-5-7-12/h8-9,11-13,19,24,32,35-36,40H,3-7,10H2,1-2H3,(H2,30,38)(H,31,39)/t11-,13+,19+,24+,29+/m0/s1. The molecule has 0 aliphatic heterocycles. The first-order valence-corrected chi connectivity index (χ1v) is 13.7. The van der Waals surface area contributed by atoms with Gasteiger partial charge in [0.25, 0.3) is 5.91 Å². The van der Waals surface area contributed by atoms with Gasteiger partial charge in [-0.15, -0.1) is 0 Å².